The number of carbonyl (C=O) groups excluding carboxylic acids is 1. The number of nitrogen functional groups attached to an aromatic ring is 2. The third-order valence-electron chi connectivity index (χ3n) is 9.56. The van der Waals surface area contributed by atoms with Crippen molar-refractivity contribution >= 4 is 41.6 Å². The second-order valence-corrected chi connectivity index (χ2v) is 18.5. The number of hydrogen-bond acceptors (Lipinski definition) is 11. The number of anilines is 2. The first-order valence-corrected chi connectivity index (χ1v) is 21.9. The van der Waals surface area contributed by atoms with Gasteiger partial charge in [-0.25, -0.2) is 9.97 Å². The molecular formula is C51H51N9OS2. The number of hydrogen-bond donors (Lipinski definition) is 2. The lowest BCUT2D eigenvalue weighted by atomic mass is 9.87. The van der Waals surface area contributed by atoms with Crippen molar-refractivity contribution in [2.24, 2.45) is 0 Å². The number of rotatable bonds is 9. The zero-order valence-electron chi connectivity index (χ0n) is 36.9. The van der Waals surface area contributed by atoms with Gasteiger partial charge in [0.15, 0.2) is 0 Å². The average Bonchev–Trinajstić information content (AvgIpc) is 3.27. The molecule has 0 unspecified atom stereocenters. The van der Waals surface area contributed by atoms with Gasteiger partial charge in [-0.2, -0.15) is 21.0 Å². The standard InChI is InChI=1S/2C24H22N4S.C3H7NO/c2*1-24(2,3)18-11-9-16(10-12-18)15-29-23-20(14-26)21(17-7-5-4-6-8-17)19(13-25)22(27)28-23;1-4(2)3-5/h2*4-12H,15H2,1-3H3,(H2,27,28);3H,1-2H3. The van der Waals surface area contributed by atoms with E-state index in [1.807, 2.05) is 60.7 Å². The highest BCUT2D eigenvalue weighted by Gasteiger charge is 2.22. The van der Waals surface area contributed by atoms with Crippen LogP contribution in [0.1, 0.15) is 86.1 Å². The van der Waals surface area contributed by atoms with Crippen LogP contribution < -0.4 is 11.5 Å². The molecule has 0 saturated carbocycles. The molecule has 0 aliphatic carbocycles. The molecule has 0 aliphatic rings. The molecule has 6 rings (SSSR count). The van der Waals surface area contributed by atoms with Gasteiger partial charge in [0.1, 0.15) is 57.1 Å². The third kappa shape index (κ3) is 13.0. The number of amides is 1. The molecule has 4 aromatic carbocycles. The van der Waals surface area contributed by atoms with Crippen molar-refractivity contribution in [3.8, 4) is 46.5 Å². The van der Waals surface area contributed by atoms with Crippen molar-refractivity contribution in [2.45, 2.75) is 73.9 Å². The lowest BCUT2D eigenvalue weighted by molar-refractivity contribution is -0.115. The van der Waals surface area contributed by atoms with Crippen LogP contribution in [0.3, 0.4) is 0 Å². The molecule has 0 spiro atoms. The lowest BCUT2D eigenvalue weighted by Gasteiger charge is -2.19. The maximum absolute atomic E-state index is 9.84. The molecule has 12 heteroatoms. The van der Waals surface area contributed by atoms with Gasteiger partial charge < -0.3 is 16.4 Å². The molecule has 318 valence electrons. The summed E-state index contributed by atoms with van der Waals surface area (Å²) in [6, 6.07) is 44.4. The Morgan fingerprint density at radius 1 is 0.540 bits per heavy atom. The number of benzene rings is 4. The number of nitriles is 4. The summed E-state index contributed by atoms with van der Waals surface area (Å²) >= 11 is 2.91. The van der Waals surface area contributed by atoms with E-state index in [9.17, 15) is 25.8 Å². The summed E-state index contributed by atoms with van der Waals surface area (Å²) in [5.74, 6) is 1.61. The van der Waals surface area contributed by atoms with Gasteiger partial charge in [-0.05, 0) is 44.2 Å². The minimum atomic E-state index is 0.105. The van der Waals surface area contributed by atoms with Crippen molar-refractivity contribution in [3.63, 3.8) is 0 Å². The number of nitrogens with zero attached hydrogens (tertiary/aromatic N) is 7. The maximum Gasteiger partial charge on any atom is 0.209 e. The SMILES string of the molecule is CC(C)(C)c1ccc(CSc2nc(N)c(C#N)c(-c3ccccc3)c2C#N)cc1.CC(C)(C)c1ccc(CSc2nc(N)c(C#N)c(-c3ccccc3)c2C#N)cc1.CN(C)C=O. The highest BCUT2D eigenvalue weighted by atomic mass is 32.2. The van der Waals surface area contributed by atoms with Gasteiger partial charge in [0.25, 0.3) is 0 Å². The van der Waals surface area contributed by atoms with Crippen LogP contribution in [0.4, 0.5) is 11.6 Å². The first-order chi connectivity index (χ1) is 30.0. The number of nitrogens with two attached hydrogens (primary N) is 2. The zero-order chi connectivity index (χ0) is 46.3. The van der Waals surface area contributed by atoms with E-state index in [4.69, 9.17) is 11.5 Å². The van der Waals surface area contributed by atoms with E-state index in [-0.39, 0.29) is 33.6 Å². The van der Waals surface area contributed by atoms with Crippen LogP contribution in [0.2, 0.25) is 0 Å². The molecule has 0 aliphatic heterocycles. The first kappa shape index (κ1) is 48.6. The molecule has 0 radical (unpaired) electrons. The summed E-state index contributed by atoms with van der Waals surface area (Å²) in [4.78, 5) is 19.6. The Hall–Kier alpha value is -7.09. The number of carbonyl (C=O) groups is 1. The fraction of sp³-hybridized carbons (Fsp3) is 0.235. The number of aromatic nitrogens is 2. The molecule has 0 atom stereocenters. The van der Waals surface area contributed by atoms with Gasteiger partial charge in [-0.1, -0.05) is 151 Å². The predicted octanol–water partition coefficient (Wildman–Crippen LogP) is 11.0. The Morgan fingerprint density at radius 2 is 0.841 bits per heavy atom. The second-order valence-electron chi connectivity index (χ2n) is 16.6. The van der Waals surface area contributed by atoms with E-state index >= 15 is 0 Å². The summed E-state index contributed by atoms with van der Waals surface area (Å²) in [6.07, 6.45) is 0.750. The normalized spacial score (nSPS) is 10.6. The van der Waals surface area contributed by atoms with Crippen molar-refractivity contribution in [2.75, 3.05) is 25.6 Å². The molecule has 0 bridgehead atoms. The van der Waals surface area contributed by atoms with E-state index in [0.29, 0.717) is 43.8 Å². The lowest BCUT2D eigenvalue weighted by Crippen LogP contribution is -2.10. The molecule has 1 amide bonds. The van der Waals surface area contributed by atoms with Gasteiger partial charge in [0.2, 0.25) is 6.41 Å². The van der Waals surface area contributed by atoms with Gasteiger partial charge in [0.05, 0.1) is 11.1 Å². The molecule has 2 aromatic heterocycles. The van der Waals surface area contributed by atoms with E-state index < -0.39 is 0 Å². The Kier molecular flexibility index (Phi) is 17.1. The van der Waals surface area contributed by atoms with Crippen LogP contribution in [0.5, 0.6) is 0 Å². The summed E-state index contributed by atoms with van der Waals surface area (Å²) in [5.41, 5.74) is 21.1. The van der Waals surface area contributed by atoms with Gasteiger partial charge in [-0.15, -0.1) is 23.5 Å². The van der Waals surface area contributed by atoms with E-state index in [1.54, 1.807) is 14.1 Å². The van der Waals surface area contributed by atoms with Crippen LogP contribution in [0.25, 0.3) is 22.3 Å². The molecule has 2 heterocycles. The topological polar surface area (TPSA) is 193 Å². The van der Waals surface area contributed by atoms with Crippen molar-refractivity contribution in [3.05, 3.63) is 154 Å². The molecular weight excluding hydrogens is 819 g/mol. The molecule has 63 heavy (non-hydrogen) atoms. The first-order valence-electron chi connectivity index (χ1n) is 19.9. The Bertz CT molecular complexity index is 2500. The predicted molar refractivity (Wildman–Crippen MR) is 256 cm³/mol. The summed E-state index contributed by atoms with van der Waals surface area (Å²) in [5, 5.41) is 39.9. The fourth-order valence-electron chi connectivity index (χ4n) is 6.10. The fourth-order valence-corrected chi connectivity index (χ4v) is 8.00. The average molecular weight is 870 g/mol. The summed E-state index contributed by atoms with van der Waals surface area (Å²) in [6.45, 7) is 13.1. The van der Waals surface area contributed by atoms with Crippen LogP contribution >= 0.6 is 23.5 Å². The largest absolute Gasteiger partial charge is 0.383 e. The minimum absolute atomic E-state index is 0.105. The Morgan fingerprint density at radius 3 is 1.10 bits per heavy atom. The molecule has 6 aromatic rings. The number of thioether (sulfide) groups is 2. The molecule has 0 saturated heterocycles. The third-order valence-corrected chi connectivity index (χ3v) is 11.7. The van der Waals surface area contributed by atoms with E-state index in [1.165, 1.54) is 39.6 Å². The van der Waals surface area contributed by atoms with Crippen molar-refractivity contribution in [1.82, 2.24) is 14.9 Å². The summed E-state index contributed by atoms with van der Waals surface area (Å²) < 4.78 is 0. The van der Waals surface area contributed by atoms with Crippen LogP contribution in [-0.2, 0) is 27.1 Å². The molecule has 10 nitrogen and oxygen atoms in total. The summed E-state index contributed by atoms with van der Waals surface area (Å²) in [7, 11) is 3.38. The molecule has 0 fully saturated rings. The zero-order valence-corrected chi connectivity index (χ0v) is 38.5. The van der Waals surface area contributed by atoms with E-state index in [2.05, 4.69) is 124 Å². The smallest absolute Gasteiger partial charge is 0.209 e. The monoisotopic (exact) mass is 869 g/mol. The maximum atomic E-state index is 9.84. The van der Waals surface area contributed by atoms with E-state index in [0.717, 1.165) is 28.7 Å². The van der Waals surface area contributed by atoms with Crippen LogP contribution in [-0.4, -0.2) is 35.4 Å². The highest BCUT2D eigenvalue weighted by Crippen LogP contribution is 2.38. The Balaban J connectivity index is 0.000000250. The highest BCUT2D eigenvalue weighted by molar-refractivity contribution is 7.98. The van der Waals surface area contributed by atoms with Crippen molar-refractivity contribution in [1.29, 1.82) is 21.0 Å². The van der Waals surface area contributed by atoms with Crippen LogP contribution in [0, 0.1) is 45.3 Å². The quantitative estimate of drug-likeness (QED) is 0.104. The molecule has 4 N–H and O–H groups in total. The second kappa shape index (κ2) is 22.1. The minimum Gasteiger partial charge on any atom is -0.383 e. The Labute approximate surface area is 380 Å². The number of pyridine rings is 2. The van der Waals surface area contributed by atoms with Gasteiger partial charge in [-0.3, -0.25) is 4.79 Å². The van der Waals surface area contributed by atoms with Gasteiger partial charge >= 0.3 is 0 Å². The van der Waals surface area contributed by atoms with Crippen LogP contribution in [0.15, 0.2) is 119 Å². The van der Waals surface area contributed by atoms with Gasteiger partial charge in [0, 0.05) is 36.7 Å². The van der Waals surface area contributed by atoms with Crippen molar-refractivity contribution < 1.29 is 4.79 Å².